The molecule has 0 unspecified atom stereocenters. The topological polar surface area (TPSA) is 75.4 Å². The van der Waals surface area contributed by atoms with Crippen molar-refractivity contribution in [2.75, 3.05) is 19.6 Å². The second-order valence-electron chi connectivity index (χ2n) is 7.64. The molecule has 1 aliphatic carbocycles. The average molecular weight is 375 g/mol. The third kappa shape index (κ3) is 3.05. The highest BCUT2D eigenvalue weighted by Gasteiger charge is 2.55. The third-order valence-corrected chi connectivity index (χ3v) is 5.99. The zero-order valence-corrected chi connectivity index (χ0v) is 15.4. The molecule has 6 heteroatoms. The fraction of sp³-hybridized carbons (Fsp3) is 0.318. The van der Waals surface area contributed by atoms with Gasteiger partial charge in [-0.2, -0.15) is 0 Å². The molecule has 28 heavy (non-hydrogen) atoms. The van der Waals surface area contributed by atoms with Crippen LogP contribution in [-0.4, -0.2) is 41.3 Å². The SMILES string of the molecule is O=C(NCC[C@@H]1[C@H]2CN(C(=O)c3ccccc3)C[C@@H]12)c1cc2ccncc2o1. The van der Waals surface area contributed by atoms with E-state index in [2.05, 4.69) is 10.3 Å². The van der Waals surface area contributed by atoms with Gasteiger partial charge < -0.3 is 14.6 Å². The highest BCUT2D eigenvalue weighted by molar-refractivity contribution is 5.96. The molecule has 0 radical (unpaired) electrons. The maximum Gasteiger partial charge on any atom is 0.287 e. The summed E-state index contributed by atoms with van der Waals surface area (Å²) in [5.74, 6) is 1.99. The van der Waals surface area contributed by atoms with E-state index >= 15 is 0 Å². The molecular weight excluding hydrogens is 354 g/mol. The molecule has 0 spiro atoms. The molecule has 1 aliphatic heterocycles. The molecule has 3 heterocycles. The van der Waals surface area contributed by atoms with Crippen LogP contribution in [0.15, 0.2) is 59.3 Å². The highest BCUT2D eigenvalue weighted by Crippen LogP contribution is 2.53. The van der Waals surface area contributed by atoms with Crippen LogP contribution in [0.4, 0.5) is 0 Å². The van der Waals surface area contributed by atoms with Gasteiger partial charge in [-0.05, 0) is 48.4 Å². The molecule has 1 saturated heterocycles. The normalized spacial score (nSPS) is 22.9. The van der Waals surface area contributed by atoms with Gasteiger partial charge in [0.1, 0.15) is 0 Å². The molecule has 2 fully saturated rings. The second kappa shape index (κ2) is 6.78. The van der Waals surface area contributed by atoms with Crippen LogP contribution < -0.4 is 5.32 Å². The number of nitrogens with one attached hydrogen (secondary N) is 1. The Kier molecular flexibility index (Phi) is 4.11. The summed E-state index contributed by atoms with van der Waals surface area (Å²) < 4.78 is 5.54. The van der Waals surface area contributed by atoms with Crippen LogP contribution in [0.25, 0.3) is 11.0 Å². The molecule has 2 amide bonds. The van der Waals surface area contributed by atoms with Crippen LogP contribution in [0.3, 0.4) is 0 Å². The van der Waals surface area contributed by atoms with Crippen LogP contribution in [0.2, 0.25) is 0 Å². The Morgan fingerprint density at radius 2 is 1.93 bits per heavy atom. The molecule has 5 rings (SSSR count). The number of carbonyl (C=O) groups is 2. The lowest BCUT2D eigenvalue weighted by molar-refractivity contribution is 0.0767. The standard InChI is InChI=1S/C22H21N3O3/c26-21(19-10-15-6-8-23-11-20(15)28-19)24-9-7-16-17-12-25(13-18(16)17)22(27)14-4-2-1-3-5-14/h1-6,8,10-11,16-18H,7,9,12-13H2,(H,24,26)/t16-,17-,18+. The predicted molar refractivity (Wildman–Crippen MR) is 104 cm³/mol. The summed E-state index contributed by atoms with van der Waals surface area (Å²) in [4.78, 5) is 30.7. The first kappa shape index (κ1) is 17.0. The van der Waals surface area contributed by atoms with Crippen molar-refractivity contribution >= 4 is 22.8 Å². The van der Waals surface area contributed by atoms with Gasteiger partial charge in [-0.15, -0.1) is 0 Å². The minimum absolute atomic E-state index is 0.124. The number of pyridine rings is 1. The number of fused-ring (bicyclic) bond motifs is 2. The maximum atomic E-state index is 12.5. The van der Waals surface area contributed by atoms with Crippen molar-refractivity contribution in [3.8, 4) is 0 Å². The molecule has 1 saturated carbocycles. The van der Waals surface area contributed by atoms with E-state index < -0.39 is 0 Å². The van der Waals surface area contributed by atoms with E-state index in [9.17, 15) is 9.59 Å². The van der Waals surface area contributed by atoms with Crippen LogP contribution in [0.1, 0.15) is 27.3 Å². The summed E-state index contributed by atoms with van der Waals surface area (Å²) in [6.45, 7) is 2.28. The number of piperidine rings is 1. The van der Waals surface area contributed by atoms with Crippen molar-refractivity contribution in [2.24, 2.45) is 17.8 Å². The number of likely N-dealkylation sites (tertiary alicyclic amines) is 1. The molecule has 6 nitrogen and oxygen atoms in total. The summed E-state index contributed by atoms with van der Waals surface area (Å²) in [6.07, 6.45) is 4.23. The van der Waals surface area contributed by atoms with Gasteiger partial charge in [0.05, 0.1) is 6.20 Å². The number of rotatable bonds is 5. The molecular formula is C22H21N3O3. The smallest absolute Gasteiger partial charge is 0.287 e. The number of furan rings is 1. The predicted octanol–water partition coefficient (Wildman–Crippen LogP) is 2.97. The molecule has 2 aliphatic rings. The number of amides is 2. The van der Waals surface area contributed by atoms with E-state index in [1.54, 1.807) is 18.5 Å². The van der Waals surface area contributed by atoms with Gasteiger partial charge >= 0.3 is 0 Å². The minimum atomic E-state index is -0.192. The van der Waals surface area contributed by atoms with Crippen molar-refractivity contribution in [2.45, 2.75) is 6.42 Å². The molecule has 142 valence electrons. The van der Waals surface area contributed by atoms with E-state index in [0.29, 0.717) is 35.6 Å². The summed E-state index contributed by atoms with van der Waals surface area (Å²) in [7, 11) is 0. The number of hydrogen-bond acceptors (Lipinski definition) is 4. The van der Waals surface area contributed by atoms with Gasteiger partial charge in [-0.25, -0.2) is 0 Å². The average Bonchev–Trinajstić information content (AvgIpc) is 3.10. The van der Waals surface area contributed by atoms with E-state index in [4.69, 9.17) is 4.42 Å². The lowest BCUT2D eigenvalue weighted by Crippen LogP contribution is -2.32. The third-order valence-electron chi connectivity index (χ3n) is 5.99. The summed E-state index contributed by atoms with van der Waals surface area (Å²) >= 11 is 0. The highest BCUT2D eigenvalue weighted by atomic mass is 16.3. The quantitative estimate of drug-likeness (QED) is 0.744. The number of benzene rings is 1. The van der Waals surface area contributed by atoms with Gasteiger partial charge in [0.25, 0.3) is 11.8 Å². The lowest BCUT2D eigenvalue weighted by Gasteiger charge is -2.20. The summed E-state index contributed by atoms with van der Waals surface area (Å²) in [6, 6.07) is 13.0. The summed E-state index contributed by atoms with van der Waals surface area (Å²) in [5.41, 5.74) is 1.38. The van der Waals surface area contributed by atoms with Crippen molar-refractivity contribution in [3.63, 3.8) is 0 Å². The van der Waals surface area contributed by atoms with E-state index in [0.717, 1.165) is 30.5 Å². The van der Waals surface area contributed by atoms with Crippen LogP contribution in [-0.2, 0) is 0 Å². The molecule has 3 atom stereocenters. The fourth-order valence-corrected chi connectivity index (χ4v) is 4.44. The molecule has 0 bridgehead atoms. The largest absolute Gasteiger partial charge is 0.449 e. The number of aromatic nitrogens is 1. The van der Waals surface area contributed by atoms with Gasteiger partial charge in [0.15, 0.2) is 11.3 Å². The number of carbonyl (C=O) groups excluding carboxylic acids is 2. The van der Waals surface area contributed by atoms with E-state index in [1.807, 2.05) is 41.3 Å². The Hall–Kier alpha value is -3.15. The van der Waals surface area contributed by atoms with Crippen molar-refractivity contribution in [1.82, 2.24) is 15.2 Å². The number of nitrogens with zero attached hydrogens (tertiary/aromatic N) is 2. The Morgan fingerprint density at radius 1 is 1.14 bits per heavy atom. The Balaban J connectivity index is 1.09. The monoisotopic (exact) mass is 375 g/mol. The van der Waals surface area contributed by atoms with E-state index in [-0.39, 0.29) is 11.8 Å². The Morgan fingerprint density at radius 3 is 2.68 bits per heavy atom. The van der Waals surface area contributed by atoms with E-state index in [1.165, 1.54) is 0 Å². The van der Waals surface area contributed by atoms with Crippen LogP contribution >= 0.6 is 0 Å². The Labute approximate surface area is 162 Å². The molecule has 1 N–H and O–H groups in total. The lowest BCUT2D eigenvalue weighted by atomic mass is 10.1. The van der Waals surface area contributed by atoms with Gasteiger partial charge in [0, 0.05) is 36.8 Å². The van der Waals surface area contributed by atoms with Crippen LogP contribution in [0, 0.1) is 17.8 Å². The summed E-state index contributed by atoms with van der Waals surface area (Å²) in [5, 5.41) is 3.82. The first-order valence-electron chi connectivity index (χ1n) is 9.67. The van der Waals surface area contributed by atoms with Crippen molar-refractivity contribution < 1.29 is 14.0 Å². The zero-order chi connectivity index (χ0) is 19.1. The van der Waals surface area contributed by atoms with Crippen molar-refractivity contribution in [1.29, 1.82) is 0 Å². The van der Waals surface area contributed by atoms with Gasteiger partial charge in [0.2, 0.25) is 0 Å². The first-order chi connectivity index (χ1) is 13.7. The Bertz CT molecular complexity index is 985. The maximum absolute atomic E-state index is 12.5. The van der Waals surface area contributed by atoms with Crippen LogP contribution in [0.5, 0.6) is 0 Å². The number of hydrogen-bond donors (Lipinski definition) is 1. The molecule has 2 aromatic heterocycles. The minimum Gasteiger partial charge on any atom is -0.449 e. The molecule has 1 aromatic carbocycles. The second-order valence-corrected chi connectivity index (χ2v) is 7.64. The van der Waals surface area contributed by atoms with Crippen molar-refractivity contribution in [3.05, 3.63) is 66.2 Å². The first-order valence-corrected chi connectivity index (χ1v) is 9.67. The van der Waals surface area contributed by atoms with Gasteiger partial charge in [-0.3, -0.25) is 14.6 Å². The molecule has 3 aromatic rings. The fourth-order valence-electron chi connectivity index (χ4n) is 4.44. The van der Waals surface area contributed by atoms with Gasteiger partial charge in [-0.1, -0.05) is 18.2 Å². The zero-order valence-electron chi connectivity index (χ0n) is 15.4.